The second-order valence-corrected chi connectivity index (χ2v) is 6.96. The first-order chi connectivity index (χ1) is 12.2. The first-order valence-electron chi connectivity index (χ1n) is 8.38. The summed E-state index contributed by atoms with van der Waals surface area (Å²) in [7, 11) is 0. The molecule has 2 heterocycles. The molecule has 1 aliphatic rings. The van der Waals surface area contributed by atoms with Crippen molar-refractivity contribution < 1.29 is 23.7 Å². The minimum absolute atomic E-state index is 0.0913. The van der Waals surface area contributed by atoms with Crippen LogP contribution in [-0.4, -0.2) is 71.6 Å². The molecule has 0 aromatic carbocycles. The molecule has 1 N–H and O–H groups in total. The fourth-order valence-electron chi connectivity index (χ4n) is 2.44. The predicted molar refractivity (Wildman–Crippen MR) is 91.9 cm³/mol. The third kappa shape index (κ3) is 5.73. The van der Waals surface area contributed by atoms with Crippen LogP contribution in [0.1, 0.15) is 31.3 Å². The Labute approximate surface area is 151 Å². The molecule has 1 aromatic heterocycles. The highest BCUT2D eigenvalue weighted by Gasteiger charge is 2.25. The van der Waals surface area contributed by atoms with Crippen LogP contribution in [0.5, 0.6) is 0 Å². The molecule has 0 spiro atoms. The first-order valence-corrected chi connectivity index (χ1v) is 8.38. The van der Waals surface area contributed by atoms with Gasteiger partial charge in [0.25, 0.3) is 5.91 Å². The van der Waals surface area contributed by atoms with E-state index in [1.807, 2.05) is 20.8 Å². The molecule has 2 rings (SSSR count). The Hall–Kier alpha value is -2.62. The number of nitrogens with one attached hydrogen (secondary N) is 1. The highest BCUT2D eigenvalue weighted by atomic mass is 16.6. The Kier molecular flexibility index (Phi) is 6.19. The van der Waals surface area contributed by atoms with E-state index in [2.05, 4.69) is 10.2 Å². The van der Waals surface area contributed by atoms with E-state index >= 15 is 0 Å². The molecular formula is C16H24N4O6. The molecule has 26 heavy (non-hydrogen) atoms. The molecule has 10 heteroatoms. The molecule has 1 saturated heterocycles. The van der Waals surface area contributed by atoms with Crippen LogP contribution in [-0.2, 0) is 4.74 Å². The number of carbonyl (C=O) groups is 2. The van der Waals surface area contributed by atoms with E-state index in [0.717, 1.165) is 6.07 Å². The van der Waals surface area contributed by atoms with Crippen molar-refractivity contribution in [1.29, 1.82) is 0 Å². The van der Waals surface area contributed by atoms with Crippen molar-refractivity contribution in [2.75, 3.05) is 39.3 Å². The normalized spacial score (nSPS) is 15.6. The Bertz CT molecular complexity index is 658. The average molecular weight is 368 g/mol. The maximum atomic E-state index is 12.0. The summed E-state index contributed by atoms with van der Waals surface area (Å²) in [4.78, 5) is 37.5. The van der Waals surface area contributed by atoms with Gasteiger partial charge in [0.1, 0.15) is 10.5 Å². The Morgan fingerprint density at radius 1 is 1.27 bits per heavy atom. The van der Waals surface area contributed by atoms with E-state index in [0.29, 0.717) is 39.3 Å². The van der Waals surface area contributed by atoms with E-state index < -0.39 is 22.3 Å². The van der Waals surface area contributed by atoms with Gasteiger partial charge in [0.2, 0.25) is 0 Å². The summed E-state index contributed by atoms with van der Waals surface area (Å²) in [6.07, 6.45) is -0.315. The lowest BCUT2D eigenvalue weighted by atomic mass is 10.2. The maximum absolute atomic E-state index is 12.0. The van der Waals surface area contributed by atoms with Gasteiger partial charge in [-0.15, -0.1) is 0 Å². The van der Waals surface area contributed by atoms with Gasteiger partial charge in [0.15, 0.2) is 5.76 Å². The quantitative estimate of drug-likeness (QED) is 0.617. The van der Waals surface area contributed by atoms with Gasteiger partial charge in [-0.2, -0.15) is 0 Å². The number of hydrogen-bond donors (Lipinski definition) is 1. The van der Waals surface area contributed by atoms with Gasteiger partial charge in [0, 0.05) is 39.3 Å². The summed E-state index contributed by atoms with van der Waals surface area (Å²) in [5.74, 6) is -1.05. The van der Waals surface area contributed by atoms with Crippen LogP contribution >= 0.6 is 0 Å². The molecule has 10 nitrogen and oxygen atoms in total. The van der Waals surface area contributed by atoms with E-state index in [1.165, 1.54) is 6.07 Å². The molecule has 0 unspecified atom stereocenters. The monoisotopic (exact) mass is 368 g/mol. The van der Waals surface area contributed by atoms with E-state index in [1.54, 1.807) is 4.90 Å². The Balaban J connectivity index is 1.69. The van der Waals surface area contributed by atoms with Crippen molar-refractivity contribution in [1.82, 2.24) is 15.1 Å². The number of ether oxygens (including phenoxy) is 1. The van der Waals surface area contributed by atoms with Gasteiger partial charge in [-0.1, -0.05) is 0 Å². The zero-order chi connectivity index (χ0) is 19.3. The van der Waals surface area contributed by atoms with Gasteiger partial charge >= 0.3 is 12.0 Å². The number of carbonyl (C=O) groups excluding carboxylic acids is 2. The lowest BCUT2D eigenvalue weighted by molar-refractivity contribution is -0.402. The fourth-order valence-corrected chi connectivity index (χ4v) is 2.44. The molecule has 0 radical (unpaired) electrons. The number of rotatable bonds is 5. The van der Waals surface area contributed by atoms with Crippen LogP contribution in [0, 0.1) is 10.1 Å². The molecule has 0 saturated carbocycles. The molecular weight excluding hydrogens is 344 g/mol. The molecule has 1 fully saturated rings. The third-order valence-electron chi connectivity index (χ3n) is 3.73. The van der Waals surface area contributed by atoms with Crippen LogP contribution in [0.3, 0.4) is 0 Å². The number of hydrogen-bond acceptors (Lipinski definition) is 7. The summed E-state index contributed by atoms with van der Waals surface area (Å²) in [6, 6.07) is 2.41. The largest absolute Gasteiger partial charge is 0.444 e. The molecule has 1 aromatic rings. The van der Waals surface area contributed by atoms with Crippen molar-refractivity contribution in [3.8, 4) is 0 Å². The summed E-state index contributed by atoms with van der Waals surface area (Å²) < 4.78 is 10.2. The molecule has 0 bridgehead atoms. The second-order valence-electron chi connectivity index (χ2n) is 6.96. The van der Waals surface area contributed by atoms with Crippen molar-refractivity contribution in [3.05, 3.63) is 28.0 Å². The summed E-state index contributed by atoms with van der Waals surface area (Å²) >= 11 is 0. The highest BCUT2D eigenvalue weighted by Crippen LogP contribution is 2.15. The Morgan fingerprint density at radius 2 is 1.92 bits per heavy atom. The zero-order valence-electron chi connectivity index (χ0n) is 15.2. The molecule has 2 amide bonds. The van der Waals surface area contributed by atoms with Crippen LogP contribution in [0.15, 0.2) is 16.5 Å². The van der Waals surface area contributed by atoms with Crippen LogP contribution in [0.25, 0.3) is 0 Å². The standard InChI is InChI=1S/C16H24N4O6/c1-16(2,3)26-15(22)19-10-8-18(9-11-19)7-6-17-14(21)12-4-5-13(25-12)20(23)24/h4-5H,6-11H2,1-3H3,(H,17,21). The molecule has 0 aliphatic carbocycles. The van der Waals surface area contributed by atoms with Gasteiger partial charge in [-0.25, -0.2) is 4.79 Å². The van der Waals surface area contributed by atoms with Crippen molar-refractivity contribution in [2.45, 2.75) is 26.4 Å². The number of nitrogens with zero attached hydrogens (tertiary/aromatic N) is 3. The molecule has 144 valence electrons. The lowest BCUT2D eigenvalue weighted by Gasteiger charge is -2.35. The van der Waals surface area contributed by atoms with Crippen LogP contribution < -0.4 is 5.32 Å². The van der Waals surface area contributed by atoms with Gasteiger partial charge in [-0.05, 0) is 26.8 Å². The predicted octanol–water partition coefficient (Wildman–Crippen LogP) is 1.47. The van der Waals surface area contributed by atoms with Crippen LogP contribution in [0.2, 0.25) is 0 Å². The van der Waals surface area contributed by atoms with Gasteiger partial charge in [-0.3, -0.25) is 19.8 Å². The van der Waals surface area contributed by atoms with E-state index in [4.69, 9.17) is 9.15 Å². The Morgan fingerprint density at radius 3 is 2.46 bits per heavy atom. The van der Waals surface area contributed by atoms with Gasteiger partial charge in [0.05, 0.1) is 6.07 Å². The number of amides is 2. The summed E-state index contributed by atoms with van der Waals surface area (Å²) in [6.45, 7) is 8.96. The highest BCUT2D eigenvalue weighted by molar-refractivity contribution is 5.91. The van der Waals surface area contributed by atoms with Crippen molar-refractivity contribution in [2.24, 2.45) is 0 Å². The second kappa shape index (κ2) is 8.17. The van der Waals surface area contributed by atoms with Crippen LogP contribution in [0.4, 0.5) is 10.7 Å². The number of nitro groups is 1. The number of furan rings is 1. The summed E-state index contributed by atoms with van der Waals surface area (Å²) in [5.41, 5.74) is -0.514. The van der Waals surface area contributed by atoms with Gasteiger partial charge < -0.3 is 19.4 Å². The third-order valence-corrected chi connectivity index (χ3v) is 3.73. The summed E-state index contributed by atoms with van der Waals surface area (Å²) in [5, 5.41) is 13.2. The van der Waals surface area contributed by atoms with Crippen molar-refractivity contribution in [3.63, 3.8) is 0 Å². The minimum Gasteiger partial charge on any atom is -0.444 e. The maximum Gasteiger partial charge on any atom is 0.433 e. The minimum atomic E-state index is -0.694. The molecule has 1 aliphatic heterocycles. The van der Waals surface area contributed by atoms with E-state index in [-0.39, 0.29) is 11.9 Å². The molecule has 0 atom stereocenters. The topological polar surface area (TPSA) is 118 Å². The van der Waals surface area contributed by atoms with E-state index in [9.17, 15) is 19.7 Å². The zero-order valence-corrected chi connectivity index (χ0v) is 15.2. The van der Waals surface area contributed by atoms with Crippen molar-refractivity contribution >= 4 is 17.9 Å². The smallest absolute Gasteiger partial charge is 0.433 e. The number of piperazine rings is 1. The lowest BCUT2D eigenvalue weighted by Crippen LogP contribution is -2.51. The average Bonchev–Trinajstić information content (AvgIpc) is 3.04. The SMILES string of the molecule is CC(C)(C)OC(=O)N1CCN(CCNC(=O)c2ccc([N+](=O)[O-])o2)CC1. The fraction of sp³-hybridized carbons (Fsp3) is 0.625. The first kappa shape index (κ1) is 19.7.